The number of hydrogen-bond acceptors (Lipinski definition) is 6. The quantitative estimate of drug-likeness (QED) is 0.321. The van der Waals surface area contributed by atoms with Crippen LogP contribution in [0.4, 0.5) is 9.18 Å². The van der Waals surface area contributed by atoms with Crippen LogP contribution in [-0.2, 0) is 17.9 Å². The van der Waals surface area contributed by atoms with E-state index in [2.05, 4.69) is 22.0 Å². The van der Waals surface area contributed by atoms with Crippen molar-refractivity contribution >= 4 is 44.9 Å². The molecule has 0 saturated carbocycles. The van der Waals surface area contributed by atoms with Gasteiger partial charge < -0.3 is 9.47 Å². The van der Waals surface area contributed by atoms with Gasteiger partial charge in [-0.2, -0.15) is 5.26 Å². The van der Waals surface area contributed by atoms with Gasteiger partial charge in [0, 0.05) is 0 Å². The van der Waals surface area contributed by atoms with Crippen molar-refractivity contribution in [2.45, 2.75) is 13.2 Å². The molecule has 0 aliphatic carbocycles. The predicted molar refractivity (Wildman–Crippen MR) is 134 cm³/mol. The van der Waals surface area contributed by atoms with Crippen molar-refractivity contribution in [1.29, 1.82) is 5.26 Å². The molecule has 0 unspecified atom stereocenters. The lowest BCUT2D eigenvalue weighted by molar-refractivity contribution is -0.123. The Kier molecular flexibility index (Phi) is 7.54. The molecular formula is C26H18BrFN2O4S. The van der Waals surface area contributed by atoms with Gasteiger partial charge in [0.25, 0.3) is 11.1 Å². The Balaban J connectivity index is 1.51. The number of benzene rings is 3. The van der Waals surface area contributed by atoms with Crippen LogP contribution in [0.1, 0.15) is 22.3 Å². The molecule has 1 aliphatic rings. The molecule has 0 N–H and O–H groups in total. The Hall–Kier alpha value is -3.61. The van der Waals surface area contributed by atoms with Crippen molar-refractivity contribution in [2.75, 3.05) is 7.11 Å². The summed E-state index contributed by atoms with van der Waals surface area (Å²) in [5.41, 5.74) is 2.76. The number of nitriles is 1. The maximum Gasteiger partial charge on any atom is 0.293 e. The maximum atomic E-state index is 13.1. The molecule has 1 saturated heterocycles. The highest BCUT2D eigenvalue weighted by Gasteiger charge is 2.35. The summed E-state index contributed by atoms with van der Waals surface area (Å²) in [5, 5.41) is 8.54. The van der Waals surface area contributed by atoms with E-state index in [0.717, 1.165) is 22.2 Å². The van der Waals surface area contributed by atoms with Crippen molar-refractivity contribution < 1.29 is 23.5 Å². The van der Waals surface area contributed by atoms with Crippen molar-refractivity contribution in [3.8, 4) is 17.6 Å². The van der Waals surface area contributed by atoms with Gasteiger partial charge in [0.05, 0.1) is 34.7 Å². The summed E-state index contributed by atoms with van der Waals surface area (Å²) < 4.78 is 25.2. The fourth-order valence-corrected chi connectivity index (χ4v) is 4.77. The molecule has 4 rings (SSSR count). The molecular weight excluding hydrogens is 535 g/mol. The molecule has 0 radical (unpaired) electrons. The van der Waals surface area contributed by atoms with Crippen LogP contribution in [0.3, 0.4) is 0 Å². The van der Waals surface area contributed by atoms with Gasteiger partial charge in [0.2, 0.25) is 0 Å². The van der Waals surface area contributed by atoms with Crippen LogP contribution in [0.15, 0.2) is 70.0 Å². The topological polar surface area (TPSA) is 79.6 Å². The number of hydrogen-bond donors (Lipinski definition) is 0. The standard InChI is InChI=1S/C26H18BrFN2O4S/c1-33-22-11-19(10-21(27)24(22)34-15-18-4-2-16(13-29)3-5-18)12-23-25(31)30(26(32)35-23)14-17-6-8-20(28)9-7-17/h2-12H,14-15H2,1H3/b23-12+. The van der Waals surface area contributed by atoms with E-state index in [0.29, 0.717) is 32.7 Å². The largest absolute Gasteiger partial charge is 0.493 e. The number of carbonyl (C=O) groups is 2. The molecule has 3 aromatic rings. The summed E-state index contributed by atoms with van der Waals surface area (Å²) >= 11 is 4.34. The van der Waals surface area contributed by atoms with Gasteiger partial charge in [-0.3, -0.25) is 14.5 Å². The molecule has 35 heavy (non-hydrogen) atoms. The van der Waals surface area contributed by atoms with Crippen molar-refractivity contribution in [2.24, 2.45) is 0 Å². The van der Waals surface area contributed by atoms with Crippen LogP contribution >= 0.6 is 27.7 Å². The molecule has 1 aliphatic heterocycles. The van der Waals surface area contributed by atoms with Gasteiger partial charge in [-0.25, -0.2) is 4.39 Å². The number of amides is 2. The Bertz CT molecular complexity index is 1350. The summed E-state index contributed by atoms with van der Waals surface area (Å²) in [6.45, 7) is 0.333. The van der Waals surface area contributed by atoms with Crippen LogP contribution in [0.25, 0.3) is 6.08 Å². The first-order valence-electron chi connectivity index (χ1n) is 10.4. The van der Waals surface area contributed by atoms with Gasteiger partial charge in [0.15, 0.2) is 11.5 Å². The Labute approximate surface area is 214 Å². The fourth-order valence-electron chi connectivity index (χ4n) is 3.35. The summed E-state index contributed by atoms with van der Waals surface area (Å²) in [7, 11) is 1.51. The Morgan fingerprint density at radius 3 is 2.43 bits per heavy atom. The lowest BCUT2D eigenvalue weighted by Crippen LogP contribution is -2.27. The number of rotatable bonds is 7. The summed E-state index contributed by atoms with van der Waals surface area (Å²) in [6, 6.07) is 18.3. The smallest absolute Gasteiger partial charge is 0.293 e. The van der Waals surface area contributed by atoms with E-state index in [9.17, 15) is 14.0 Å². The van der Waals surface area contributed by atoms with Crippen molar-refractivity contribution in [3.05, 3.63) is 98.1 Å². The lowest BCUT2D eigenvalue weighted by Gasteiger charge is -2.14. The lowest BCUT2D eigenvalue weighted by atomic mass is 10.1. The molecule has 6 nitrogen and oxygen atoms in total. The second kappa shape index (κ2) is 10.8. The molecule has 0 spiro atoms. The maximum absolute atomic E-state index is 13.1. The zero-order chi connectivity index (χ0) is 24.9. The Morgan fingerprint density at radius 1 is 1.09 bits per heavy atom. The van der Waals surface area contributed by atoms with Crippen molar-refractivity contribution in [3.63, 3.8) is 0 Å². The molecule has 0 bridgehead atoms. The minimum atomic E-state index is -0.416. The molecule has 176 valence electrons. The van der Waals surface area contributed by atoms with E-state index < -0.39 is 5.91 Å². The van der Waals surface area contributed by atoms with E-state index in [1.54, 1.807) is 42.5 Å². The summed E-state index contributed by atoms with van der Waals surface area (Å²) in [6.07, 6.45) is 1.62. The first-order chi connectivity index (χ1) is 16.9. The number of halogens is 2. The Morgan fingerprint density at radius 2 is 1.77 bits per heavy atom. The third kappa shape index (κ3) is 5.73. The zero-order valence-corrected chi connectivity index (χ0v) is 20.9. The summed E-state index contributed by atoms with van der Waals surface area (Å²) in [4.78, 5) is 26.7. The van der Waals surface area contributed by atoms with Crippen LogP contribution in [-0.4, -0.2) is 23.2 Å². The fraction of sp³-hybridized carbons (Fsp3) is 0.115. The normalized spacial score (nSPS) is 14.3. The molecule has 1 fully saturated rings. The zero-order valence-electron chi connectivity index (χ0n) is 18.5. The highest BCUT2D eigenvalue weighted by Crippen LogP contribution is 2.39. The first kappa shape index (κ1) is 24.5. The average molecular weight is 553 g/mol. The molecule has 9 heteroatoms. The highest BCUT2D eigenvalue weighted by atomic mass is 79.9. The van der Waals surface area contributed by atoms with Gasteiger partial charge in [-0.1, -0.05) is 24.3 Å². The van der Waals surface area contributed by atoms with Gasteiger partial charge >= 0.3 is 0 Å². The first-order valence-corrected chi connectivity index (χ1v) is 12.0. The van der Waals surface area contributed by atoms with Gasteiger partial charge in [-0.15, -0.1) is 0 Å². The number of carbonyl (C=O) groups excluding carboxylic acids is 2. The molecule has 2 amide bonds. The molecule has 0 atom stereocenters. The van der Waals surface area contributed by atoms with E-state index in [-0.39, 0.29) is 29.1 Å². The van der Waals surface area contributed by atoms with E-state index in [4.69, 9.17) is 14.7 Å². The second-order valence-electron chi connectivity index (χ2n) is 7.53. The number of ether oxygens (including phenoxy) is 2. The monoisotopic (exact) mass is 552 g/mol. The number of methoxy groups -OCH3 is 1. The SMILES string of the molecule is COc1cc(/C=C2/SC(=O)N(Cc3ccc(F)cc3)C2=O)cc(Br)c1OCc1ccc(C#N)cc1. The molecule has 0 aromatic heterocycles. The van der Waals surface area contributed by atoms with Crippen molar-refractivity contribution in [1.82, 2.24) is 4.90 Å². The minimum Gasteiger partial charge on any atom is -0.493 e. The van der Waals surface area contributed by atoms with E-state index >= 15 is 0 Å². The predicted octanol–water partition coefficient (Wildman–Crippen LogP) is 6.28. The van der Waals surface area contributed by atoms with Crippen LogP contribution in [0.2, 0.25) is 0 Å². The van der Waals surface area contributed by atoms with Crippen LogP contribution in [0, 0.1) is 17.1 Å². The van der Waals surface area contributed by atoms with Gasteiger partial charge in [-0.05, 0) is 86.9 Å². The van der Waals surface area contributed by atoms with E-state index in [1.807, 2.05) is 12.1 Å². The highest BCUT2D eigenvalue weighted by molar-refractivity contribution is 9.10. The summed E-state index contributed by atoms with van der Waals surface area (Å²) in [5.74, 6) is 0.135. The molecule has 1 heterocycles. The average Bonchev–Trinajstić information content (AvgIpc) is 3.12. The number of imide groups is 1. The van der Waals surface area contributed by atoms with Crippen LogP contribution < -0.4 is 9.47 Å². The second-order valence-corrected chi connectivity index (χ2v) is 9.37. The van der Waals surface area contributed by atoms with Crippen LogP contribution in [0.5, 0.6) is 11.5 Å². The minimum absolute atomic E-state index is 0.0669. The van der Waals surface area contributed by atoms with E-state index in [1.165, 1.54) is 19.2 Å². The number of thioether (sulfide) groups is 1. The third-order valence-corrected chi connectivity index (χ3v) is 6.64. The van der Waals surface area contributed by atoms with Gasteiger partial charge in [0.1, 0.15) is 12.4 Å². The third-order valence-electron chi connectivity index (χ3n) is 5.14. The number of nitrogens with zero attached hydrogens (tertiary/aromatic N) is 2. The molecule has 3 aromatic carbocycles.